The van der Waals surface area contributed by atoms with E-state index in [1.54, 1.807) is 12.5 Å². The summed E-state index contributed by atoms with van der Waals surface area (Å²) in [5.74, 6) is 2.18. The molecule has 5 heteroatoms. The van der Waals surface area contributed by atoms with Gasteiger partial charge in [-0.1, -0.05) is 41.9 Å². The van der Waals surface area contributed by atoms with Crippen molar-refractivity contribution in [2.75, 3.05) is 0 Å². The van der Waals surface area contributed by atoms with Crippen LogP contribution >= 0.6 is 11.6 Å². The molecule has 0 aliphatic carbocycles. The standard InChI is InChI=1S/C21H17ClN2O2/c22-17-10-8-15(9-11-17)19-13-23-20(26-19)14-24-21(18-7-4-12-25-18)16-5-2-1-3-6-16/h1-13,21,24H,14H2/t21-/m0/s1. The summed E-state index contributed by atoms with van der Waals surface area (Å²) in [6.45, 7) is 0.480. The number of aromatic nitrogens is 1. The Morgan fingerprint density at radius 1 is 0.962 bits per heavy atom. The Kier molecular flexibility index (Phi) is 4.86. The molecule has 0 bridgehead atoms. The lowest BCUT2D eigenvalue weighted by Crippen LogP contribution is -2.21. The van der Waals surface area contributed by atoms with E-state index < -0.39 is 0 Å². The normalized spacial score (nSPS) is 12.2. The number of hydrogen-bond donors (Lipinski definition) is 1. The van der Waals surface area contributed by atoms with Crippen molar-refractivity contribution < 1.29 is 8.83 Å². The van der Waals surface area contributed by atoms with Crippen LogP contribution in [0.2, 0.25) is 5.02 Å². The van der Waals surface area contributed by atoms with E-state index in [0.717, 1.165) is 16.9 Å². The van der Waals surface area contributed by atoms with Gasteiger partial charge in [0, 0.05) is 10.6 Å². The van der Waals surface area contributed by atoms with Crippen molar-refractivity contribution in [3.05, 3.63) is 101 Å². The van der Waals surface area contributed by atoms with E-state index in [9.17, 15) is 0 Å². The Labute approximate surface area is 156 Å². The number of halogens is 1. The number of rotatable bonds is 6. The molecule has 0 radical (unpaired) electrons. The molecule has 0 saturated carbocycles. The van der Waals surface area contributed by atoms with E-state index in [-0.39, 0.29) is 6.04 Å². The molecule has 0 spiro atoms. The van der Waals surface area contributed by atoms with Gasteiger partial charge in [0.2, 0.25) is 5.89 Å². The molecule has 0 aliphatic rings. The fraction of sp³-hybridized carbons (Fsp3) is 0.0952. The molecule has 4 nitrogen and oxygen atoms in total. The molecule has 2 heterocycles. The SMILES string of the molecule is Clc1ccc(-c2cnc(CN[C@@H](c3ccccc3)c3ccco3)o2)cc1. The zero-order chi connectivity index (χ0) is 17.8. The lowest BCUT2D eigenvalue weighted by molar-refractivity contribution is 0.416. The van der Waals surface area contributed by atoms with Gasteiger partial charge >= 0.3 is 0 Å². The highest BCUT2D eigenvalue weighted by Crippen LogP contribution is 2.25. The molecular weight excluding hydrogens is 348 g/mol. The zero-order valence-electron chi connectivity index (χ0n) is 13.9. The maximum atomic E-state index is 5.93. The van der Waals surface area contributed by atoms with Crippen molar-refractivity contribution in [2.45, 2.75) is 12.6 Å². The van der Waals surface area contributed by atoms with Gasteiger partial charge in [0.05, 0.1) is 25.0 Å². The maximum absolute atomic E-state index is 5.93. The van der Waals surface area contributed by atoms with Gasteiger partial charge in [0.25, 0.3) is 0 Å². The Morgan fingerprint density at radius 3 is 2.50 bits per heavy atom. The summed E-state index contributed by atoms with van der Waals surface area (Å²) in [6, 6.07) is 21.4. The largest absolute Gasteiger partial charge is 0.467 e. The van der Waals surface area contributed by atoms with Crippen LogP contribution in [0.15, 0.2) is 88.0 Å². The van der Waals surface area contributed by atoms with Crippen LogP contribution < -0.4 is 5.32 Å². The van der Waals surface area contributed by atoms with Crippen molar-refractivity contribution in [2.24, 2.45) is 0 Å². The van der Waals surface area contributed by atoms with Crippen molar-refractivity contribution in [1.29, 1.82) is 0 Å². The number of benzene rings is 2. The first-order valence-corrected chi connectivity index (χ1v) is 8.70. The van der Waals surface area contributed by atoms with E-state index in [1.165, 1.54) is 0 Å². The van der Waals surface area contributed by atoms with Gasteiger partial charge in [-0.3, -0.25) is 5.32 Å². The summed E-state index contributed by atoms with van der Waals surface area (Å²) in [5.41, 5.74) is 2.06. The second-order valence-electron chi connectivity index (χ2n) is 5.87. The Morgan fingerprint density at radius 2 is 1.77 bits per heavy atom. The fourth-order valence-electron chi connectivity index (χ4n) is 2.81. The topological polar surface area (TPSA) is 51.2 Å². The van der Waals surface area contributed by atoms with Gasteiger partial charge < -0.3 is 8.83 Å². The van der Waals surface area contributed by atoms with Crippen LogP contribution in [0, 0.1) is 0 Å². The summed E-state index contributed by atoms with van der Waals surface area (Å²) in [6.07, 6.45) is 3.40. The van der Waals surface area contributed by atoms with E-state index in [4.69, 9.17) is 20.4 Å². The van der Waals surface area contributed by atoms with Gasteiger partial charge in [-0.25, -0.2) is 4.98 Å². The second-order valence-corrected chi connectivity index (χ2v) is 6.30. The first kappa shape index (κ1) is 16.6. The highest BCUT2D eigenvalue weighted by Gasteiger charge is 2.17. The van der Waals surface area contributed by atoms with Crippen molar-refractivity contribution >= 4 is 11.6 Å². The predicted octanol–water partition coefficient (Wildman–Crippen LogP) is 5.47. The lowest BCUT2D eigenvalue weighted by atomic mass is 10.0. The average molecular weight is 365 g/mol. The summed E-state index contributed by atoms with van der Waals surface area (Å²) in [5, 5.41) is 4.15. The molecule has 4 rings (SSSR count). The molecule has 4 aromatic rings. The summed E-state index contributed by atoms with van der Waals surface area (Å²) in [7, 11) is 0. The minimum Gasteiger partial charge on any atom is -0.467 e. The van der Waals surface area contributed by atoms with Crippen LogP contribution in [0.5, 0.6) is 0 Å². The molecule has 2 aromatic heterocycles. The molecule has 26 heavy (non-hydrogen) atoms. The molecule has 0 saturated heterocycles. The van der Waals surface area contributed by atoms with E-state index in [0.29, 0.717) is 23.2 Å². The van der Waals surface area contributed by atoms with Gasteiger partial charge in [-0.15, -0.1) is 0 Å². The number of hydrogen-bond acceptors (Lipinski definition) is 4. The molecule has 0 unspecified atom stereocenters. The van der Waals surface area contributed by atoms with Crippen LogP contribution in [-0.2, 0) is 6.54 Å². The Hall–Kier alpha value is -2.82. The van der Waals surface area contributed by atoms with E-state index in [1.807, 2.05) is 54.6 Å². The minimum atomic E-state index is -0.0721. The first-order valence-electron chi connectivity index (χ1n) is 8.32. The van der Waals surface area contributed by atoms with Crippen molar-refractivity contribution in [3.8, 4) is 11.3 Å². The smallest absolute Gasteiger partial charge is 0.208 e. The first-order chi connectivity index (χ1) is 12.8. The average Bonchev–Trinajstić information content (AvgIpc) is 3.36. The Bertz CT molecular complexity index is 947. The molecule has 2 aromatic carbocycles. The van der Waals surface area contributed by atoms with E-state index in [2.05, 4.69) is 22.4 Å². The molecule has 1 atom stereocenters. The highest BCUT2D eigenvalue weighted by atomic mass is 35.5. The van der Waals surface area contributed by atoms with Crippen LogP contribution in [0.25, 0.3) is 11.3 Å². The number of nitrogens with zero attached hydrogens (tertiary/aromatic N) is 1. The minimum absolute atomic E-state index is 0.0721. The summed E-state index contributed by atoms with van der Waals surface area (Å²) < 4.78 is 11.5. The van der Waals surface area contributed by atoms with Gasteiger partial charge in [0.15, 0.2) is 5.76 Å². The van der Waals surface area contributed by atoms with Gasteiger partial charge in [0.1, 0.15) is 5.76 Å². The molecule has 0 fully saturated rings. The summed E-state index contributed by atoms with van der Waals surface area (Å²) >= 11 is 5.93. The third-order valence-corrected chi connectivity index (χ3v) is 4.35. The molecule has 0 aliphatic heterocycles. The van der Waals surface area contributed by atoms with Crippen LogP contribution in [0.4, 0.5) is 0 Å². The lowest BCUT2D eigenvalue weighted by Gasteiger charge is -2.16. The number of nitrogens with one attached hydrogen (secondary N) is 1. The quantitative estimate of drug-likeness (QED) is 0.493. The third kappa shape index (κ3) is 3.72. The van der Waals surface area contributed by atoms with Crippen LogP contribution in [0.1, 0.15) is 23.3 Å². The van der Waals surface area contributed by atoms with Crippen molar-refractivity contribution in [1.82, 2.24) is 10.3 Å². The molecule has 1 N–H and O–H groups in total. The fourth-order valence-corrected chi connectivity index (χ4v) is 2.94. The Balaban J connectivity index is 1.51. The van der Waals surface area contributed by atoms with Crippen molar-refractivity contribution in [3.63, 3.8) is 0 Å². The van der Waals surface area contributed by atoms with E-state index >= 15 is 0 Å². The number of oxazole rings is 1. The maximum Gasteiger partial charge on any atom is 0.208 e. The number of furan rings is 1. The van der Waals surface area contributed by atoms with Crippen LogP contribution in [-0.4, -0.2) is 4.98 Å². The third-order valence-electron chi connectivity index (χ3n) is 4.10. The molecule has 0 amide bonds. The highest BCUT2D eigenvalue weighted by molar-refractivity contribution is 6.30. The zero-order valence-corrected chi connectivity index (χ0v) is 14.7. The predicted molar refractivity (Wildman–Crippen MR) is 101 cm³/mol. The molecule has 130 valence electrons. The van der Waals surface area contributed by atoms with Crippen LogP contribution in [0.3, 0.4) is 0 Å². The molecular formula is C21H17ClN2O2. The second kappa shape index (κ2) is 7.60. The monoisotopic (exact) mass is 364 g/mol. The summed E-state index contributed by atoms with van der Waals surface area (Å²) in [4.78, 5) is 4.37. The van der Waals surface area contributed by atoms with Gasteiger partial charge in [-0.2, -0.15) is 0 Å². The van der Waals surface area contributed by atoms with Gasteiger partial charge in [-0.05, 0) is 42.0 Å².